The fraction of sp³-hybridized carbons (Fsp3) is 0.500. The fourth-order valence-electron chi connectivity index (χ4n) is 1.82. The molecule has 1 aliphatic rings. The topological polar surface area (TPSA) is 25.2 Å². The van der Waals surface area contributed by atoms with Crippen LogP contribution in [0.3, 0.4) is 0 Å². The number of aromatic nitrogens is 1. The van der Waals surface area contributed by atoms with Crippen LogP contribution < -0.4 is 0 Å². The predicted molar refractivity (Wildman–Crippen MR) is 51.0 cm³/mol. The first-order chi connectivity index (χ1) is 6.35. The molecule has 2 rings (SSSR count). The SMILES string of the molecule is CCN1CC(n2cccc2C=O)C1. The Morgan fingerprint density at radius 3 is 3.00 bits per heavy atom. The van der Waals surface area contributed by atoms with E-state index in [9.17, 15) is 4.79 Å². The van der Waals surface area contributed by atoms with E-state index in [0.717, 1.165) is 31.6 Å². The first kappa shape index (κ1) is 8.51. The maximum atomic E-state index is 10.6. The summed E-state index contributed by atoms with van der Waals surface area (Å²) in [6.07, 6.45) is 2.91. The van der Waals surface area contributed by atoms with Crippen LogP contribution in [0.1, 0.15) is 23.5 Å². The van der Waals surface area contributed by atoms with E-state index in [4.69, 9.17) is 0 Å². The molecule has 0 saturated carbocycles. The third-order valence-electron chi connectivity index (χ3n) is 2.71. The Kier molecular flexibility index (Phi) is 2.19. The standard InChI is InChI=1S/C10H14N2O/c1-2-11-6-10(7-11)12-5-3-4-9(12)8-13/h3-5,8,10H,2,6-7H2,1H3. The summed E-state index contributed by atoms with van der Waals surface area (Å²) in [5.74, 6) is 0. The van der Waals surface area contributed by atoms with Gasteiger partial charge in [0.2, 0.25) is 0 Å². The Hall–Kier alpha value is -1.09. The molecule has 3 heteroatoms. The third-order valence-corrected chi connectivity index (χ3v) is 2.71. The van der Waals surface area contributed by atoms with Crippen molar-refractivity contribution in [3.05, 3.63) is 24.0 Å². The van der Waals surface area contributed by atoms with Gasteiger partial charge in [-0.2, -0.15) is 0 Å². The van der Waals surface area contributed by atoms with Crippen molar-refractivity contribution in [2.45, 2.75) is 13.0 Å². The molecule has 0 N–H and O–H groups in total. The van der Waals surface area contributed by atoms with Crippen molar-refractivity contribution in [3.8, 4) is 0 Å². The van der Waals surface area contributed by atoms with Crippen LogP contribution in [0.4, 0.5) is 0 Å². The van der Waals surface area contributed by atoms with E-state index >= 15 is 0 Å². The number of rotatable bonds is 3. The monoisotopic (exact) mass is 178 g/mol. The second kappa shape index (κ2) is 3.34. The number of aldehydes is 1. The summed E-state index contributed by atoms with van der Waals surface area (Å²) in [4.78, 5) is 13.0. The van der Waals surface area contributed by atoms with Gasteiger partial charge in [-0.05, 0) is 18.7 Å². The number of likely N-dealkylation sites (tertiary alicyclic amines) is 1. The van der Waals surface area contributed by atoms with Crippen molar-refractivity contribution in [1.29, 1.82) is 0 Å². The molecule has 1 saturated heterocycles. The van der Waals surface area contributed by atoms with Crippen molar-refractivity contribution < 1.29 is 4.79 Å². The molecule has 1 aliphatic heterocycles. The molecule has 1 fully saturated rings. The van der Waals surface area contributed by atoms with Gasteiger partial charge in [-0.1, -0.05) is 6.92 Å². The molecule has 1 aromatic rings. The lowest BCUT2D eigenvalue weighted by Gasteiger charge is -2.39. The van der Waals surface area contributed by atoms with Gasteiger partial charge in [-0.3, -0.25) is 9.69 Å². The van der Waals surface area contributed by atoms with Gasteiger partial charge in [0, 0.05) is 19.3 Å². The molecule has 2 heterocycles. The predicted octanol–water partition coefficient (Wildman–Crippen LogP) is 1.18. The van der Waals surface area contributed by atoms with Crippen molar-refractivity contribution in [1.82, 2.24) is 9.47 Å². The number of likely N-dealkylation sites (N-methyl/N-ethyl adjacent to an activating group) is 1. The summed E-state index contributed by atoms with van der Waals surface area (Å²) in [6.45, 7) is 5.42. The molecule has 0 unspecified atom stereocenters. The molecule has 0 amide bonds. The van der Waals surface area contributed by atoms with Gasteiger partial charge >= 0.3 is 0 Å². The van der Waals surface area contributed by atoms with Gasteiger partial charge in [0.15, 0.2) is 6.29 Å². The normalized spacial score (nSPS) is 18.5. The van der Waals surface area contributed by atoms with Crippen molar-refractivity contribution >= 4 is 6.29 Å². The van der Waals surface area contributed by atoms with Crippen LogP contribution in [-0.2, 0) is 0 Å². The number of nitrogens with zero attached hydrogens (tertiary/aromatic N) is 2. The number of carbonyl (C=O) groups excluding carboxylic acids is 1. The highest BCUT2D eigenvalue weighted by molar-refractivity contribution is 5.72. The maximum Gasteiger partial charge on any atom is 0.166 e. The summed E-state index contributed by atoms with van der Waals surface area (Å²) in [6, 6.07) is 4.30. The van der Waals surface area contributed by atoms with Gasteiger partial charge in [-0.15, -0.1) is 0 Å². The first-order valence-corrected chi connectivity index (χ1v) is 4.69. The van der Waals surface area contributed by atoms with E-state index in [1.54, 1.807) is 0 Å². The second-order valence-electron chi connectivity index (χ2n) is 3.46. The lowest BCUT2D eigenvalue weighted by atomic mass is 10.1. The van der Waals surface area contributed by atoms with E-state index in [1.165, 1.54) is 0 Å². The molecule has 0 atom stereocenters. The van der Waals surface area contributed by atoms with Crippen molar-refractivity contribution in [3.63, 3.8) is 0 Å². The smallest absolute Gasteiger partial charge is 0.166 e. The zero-order chi connectivity index (χ0) is 9.26. The quantitative estimate of drug-likeness (QED) is 0.649. The Balaban J connectivity index is 2.06. The summed E-state index contributed by atoms with van der Waals surface area (Å²) < 4.78 is 2.07. The number of carbonyl (C=O) groups is 1. The Morgan fingerprint density at radius 2 is 2.38 bits per heavy atom. The minimum Gasteiger partial charge on any atom is -0.340 e. The fourth-order valence-corrected chi connectivity index (χ4v) is 1.82. The molecule has 13 heavy (non-hydrogen) atoms. The van der Waals surface area contributed by atoms with Crippen LogP contribution in [-0.4, -0.2) is 35.4 Å². The van der Waals surface area contributed by atoms with E-state index < -0.39 is 0 Å². The van der Waals surface area contributed by atoms with Crippen LogP contribution in [0.5, 0.6) is 0 Å². The lowest BCUT2D eigenvalue weighted by Crippen LogP contribution is -2.47. The van der Waals surface area contributed by atoms with E-state index in [1.807, 2.05) is 18.3 Å². The van der Waals surface area contributed by atoms with E-state index in [0.29, 0.717) is 6.04 Å². The van der Waals surface area contributed by atoms with Crippen LogP contribution >= 0.6 is 0 Å². The van der Waals surface area contributed by atoms with Crippen LogP contribution in [0, 0.1) is 0 Å². The number of hydrogen-bond acceptors (Lipinski definition) is 2. The average Bonchev–Trinajstić information content (AvgIpc) is 2.50. The molecule has 0 aliphatic carbocycles. The van der Waals surface area contributed by atoms with E-state index in [2.05, 4.69) is 16.4 Å². The van der Waals surface area contributed by atoms with Crippen LogP contribution in [0.2, 0.25) is 0 Å². The summed E-state index contributed by atoms with van der Waals surface area (Å²) >= 11 is 0. The summed E-state index contributed by atoms with van der Waals surface area (Å²) in [5.41, 5.74) is 0.792. The molecule has 0 bridgehead atoms. The maximum absolute atomic E-state index is 10.6. The highest BCUT2D eigenvalue weighted by Crippen LogP contribution is 2.21. The van der Waals surface area contributed by atoms with E-state index in [-0.39, 0.29) is 0 Å². The van der Waals surface area contributed by atoms with Crippen molar-refractivity contribution in [2.75, 3.05) is 19.6 Å². The van der Waals surface area contributed by atoms with Gasteiger partial charge in [0.1, 0.15) is 0 Å². The highest BCUT2D eigenvalue weighted by atomic mass is 16.1. The molecule has 1 aromatic heterocycles. The zero-order valence-electron chi connectivity index (χ0n) is 7.81. The largest absolute Gasteiger partial charge is 0.340 e. The average molecular weight is 178 g/mol. The molecule has 0 aromatic carbocycles. The molecular weight excluding hydrogens is 164 g/mol. The minimum atomic E-state index is 0.509. The van der Waals surface area contributed by atoms with Gasteiger partial charge < -0.3 is 4.57 Å². The minimum absolute atomic E-state index is 0.509. The van der Waals surface area contributed by atoms with Gasteiger partial charge in [0.05, 0.1) is 11.7 Å². The number of hydrogen-bond donors (Lipinski definition) is 0. The third kappa shape index (κ3) is 1.40. The Labute approximate surface area is 78.0 Å². The molecule has 3 nitrogen and oxygen atoms in total. The van der Waals surface area contributed by atoms with Gasteiger partial charge in [0.25, 0.3) is 0 Å². The second-order valence-corrected chi connectivity index (χ2v) is 3.46. The zero-order valence-corrected chi connectivity index (χ0v) is 7.81. The Morgan fingerprint density at radius 1 is 1.62 bits per heavy atom. The highest BCUT2D eigenvalue weighted by Gasteiger charge is 2.27. The van der Waals surface area contributed by atoms with Gasteiger partial charge in [-0.25, -0.2) is 0 Å². The summed E-state index contributed by atoms with van der Waals surface area (Å²) in [7, 11) is 0. The van der Waals surface area contributed by atoms with Crippen LogP contribution in [0.25, 0.3) is 0 Å². The Bertz CT molecular complexity index is 300. The summed E-state index contributed by atoms with van der Waals surface area (Å²) in [5, 5.41) is 0. The first-order valence-electron chi connectivity index (χ1n) is 4.69. The van der Waals surface area contributed by atoms with Crippen molar-refractivity contribution in [2.24, 2.45) is 0 Å². The molecule has 70 valence electrons. The lowest BCUT2D eigenvalue weighted by molar-refractivity contribution is 0.103. The molecule has 0 spiro atoms. The molecule has 0 radical (unpaired) electrons. The van der Waals surface area contributed by atoms with Crippen LogP contribution in [0.15, 0.2) is 18.3 Å². The molecular formula is C10H14N2O.